The summed E-state index contributed by atoms with van der Waals surface area (Å²) in [6, 6.07) is 7.61. The van der Waals surface area contributed by atoms with E-state index >= 15 is 0 Å². The zero-order chi connectivity index (χ0) is 20.4. The Kier molecular flexibility index (Phi) is 5.34. The van der Waals surface area contributed by atoms with Gasteiger partial charge < -0.3 is 14.0 Å². The number of methoxy groups -OCH3 is 1. The molecule has 7 nitrogen and oxygen atoms in total. The Bertz CT molecular complexity index is 1280. The summed E-state index contributed by atoms with van der Waals surface area (Å²) in [5.41, 5.74) is 2.15. The number of aromatic nitrogens is 4. The van der Waals surface area contributed by atoms with Crippen molar-refractivity contribution >= 4 is 32.6 Å². The number of fused-ring (bicyclic) bond motifs is 3. The second kappa shape index (κ2) is 8.07. The third kappa shape index (κ3) is 3.62. The zero-order valence-electron chi connectivity index (χ0n) is 16.2. The number of hydrogen-bond acceptors (Lipinski definition) is 6. The highest BCUT2D eigenvalue weighted by atomic mass is 32.1. The van der Waals surface area contributed by atoms with E-state index < -0.39 is 0 Å². The van der Waals surface area contributed by atoms with Crippen LogP contribution in [0.15, 0.2) is 35.3 Å². The average Bonchev–Trinajstić information content (AvgIpc) is 3.26. The molecule has 29 heavy (non-hydrogen) atoms. The number of rotatable bonds is 7. The maximum absolute atomic E-state index is 13.1. The number of hydrogen-bond donors (Lipinski definition) is 0. The summed E-state index contributed by atoms with van der Waals surface area (Å²) in [5, 5.41) is 6.05. The van der Waals surface area contributed by atoms with Gasteiger partial charge in [0, 0.05) is 18.9 Å². The molecule has 0 amide bonds. The van der Waals surface area contributed by atoms with Gasteiger partial charge in [0.1, 0.15) is 16.3 Å². The van der Waals surface area contributed by atoms with Gasteiger partial charge in [-0.3, -0.25) is 4.79 Å². The van der Waals surface area contributed by atoms with E-state index in [1.807, 2.05) is 35.9 Å². The van der Waals surface area contributed by atoms with Crippen LogP contribution in [0.5, 0.6) is 5.75 Å². The van der Waals surface area contributed by atoms with E-state index in [1.165, 1.54) is 16.0 Å². The minimum absolute atomic E-state index is 0.148. The van der Waals surface area contributed by atoms with Crippen molar-refractivity contribution in [3.8, 4) is 18.1 Å². The first-order valence-electron chi connectivity index (χ1n) is 9.10. The summed E-state index contributed by atoms with van der Waals surface area (Å²) in [4.78, 5) is 17.7. The molecule has 0 spiro atoms. The Hall–Kier alpha value is -3.15. The van der Waals surface area contributed by atoms with Crippen LogP contribution in [-0.2, 0) is 24.9 Å². The van der Waals surface area contributed by atoms with Crippen molar-refractivity contribution in [2.75, 3.05) is 13.7 Å². The number of terminal acetylenes is 1. The quantitative estimate of drug-likeness (QED) is 0.347. The van der Waals surface area contributed by atoms with Gasteiger partial charge in [-0.15, -0.1) is 23.7 Å². The van der Waals surface area contributed by atoms with E-state index in [2.05, 4.69) is 16.0 Å². The summed E-state index contributed by atoms with van der Waals surface area (Å²) in [7, 11) is 3.47. The van der Waals surface area contributed by atoms with Gasteiger partial charge in [-0.2, -0.15) is 5.10 Å². The van der Waals surface area contributed by atoms with Crippen molar-refractivity contribution in [3.63, 3.8) is 0 Å². The molecule has 0 fully saturated rings. The number of nitrogens with zero attached hydrogens (tertiary/aromatic N) is 4. The molecule has 4 aromatic rings. The molecule has 0 N–H and O–H groups in total. The van der Waals surface area contributed by atoms with Gasteiger partial charge in [0.15, 0.2) is 5.65 Å². The second-order valence-electron chi connectivity index (χ2n) is 6.55. The Morgan fingerprint density at radius 2 is 2.21 bits per heavy atom. The molecule has 148 valence electrons. The number of thiazole rings is 1. The molecule has 0 saturated heterocycles. The topological polar surface area (TPSA) is 71.2 Å². The number of aryl methyl sites for hydroxylation is 1. The number of ether oxygens (including phenoxy) is 2. The van der Waals surface area contributed by atoms with Crippen molar-refractivity contribution in [3.05, 3.63) is 51.4 Å². The van der Waals surface area contributed by atoms with E-state index in [1.54, 1.807) is 13.3 Å². The van der Waals surface area contributed by atoms with Gasteiger partial charge >= 0.3 is 0 Å². The minimum Gasteiger partial charge on any atom is -0.497 e. The molecule has 4 rings (SSSR count). The summed E-state index contributed by atoms with van der Waals surface area (Å²) in [6.07, 6.45) is 7.54. The fourth-order valence-corrected chi connectivity index (χ4v) is 4.28. The lowest BCUT2D eigenvalue weighted by molar-refractivity contribution is 0.126. The molecule has 0 aliphatic rings. The van der Waals surface area contributed by atoms with Gasteiger partial charge in [-0.1, -0.05) is 12.1 Å². The lowest BCUT2D eigenvalue weighted by Gasteiger charge is -2.07. The monoisotopic (exact) mass is 408 g/mol. The smallest absolute Gasteiger partial charge is 0.291 e. The average molecular weight is 408 g/mol. The molecule has 3 heterocycles. The lowest BCUT2D eigenvalue weighted by Crippen LogP contribution is -2.24. The molecule has 0 atom stereocenters. The van der Waals surface area contributed by atoms with Crippen LogP contribution in [-0.4, -0.2) is 33.0 Å². The highest BCUT2D eigenvalue weighted by Gasteiger charge is 2.18. The van der Waals surface area contributed by atoms with Gasteiger partial charge in [0.05, 0.1) is 37.8 Å². The van der Waals surface area contributed by atoms with E-state index in [0.29, 0.717) is 31.7 Å². The van der Waals surface area contributed by atoms with Crippen molar-refractivity contribution < 1.29 is 9.47 Å². The zero-order valence-corrected chi connectivity index (χ0v) is 17.0. The van der Waals surface area contributed by atoms with E-state index in [4.69, 9.17) is 15.9 Å². The molecule has 0 aliphatic heterocycles. The molecule has 0 radical (unpaired) electrons. The van der Waals surface area contributed by atoms with Crippen LogP contribution in [0.1, 0.15) is 17.0 Å². The summed E-state index contributed by atoms with van der Waals surface area (Å²) >= 11 is 1.52. The molecule has 0 unspecified atom stereocenters. The van der Waals surface area contributed by atoms with Crippen LogP contribution in [0.4, 0.5) is 0 Å². The molecular formula is C21H20N4O3S. The Balaban J connectivity index is 1.68. The van der Waals surface area contributed by atoms with Crippen LogP contribution < -0.4 is 10.3 Å². The lowest BCUT2D eigenvalue weighted by atomic mass is 10.2. The van der Waals surface area contributed by atoms with Crippen LogP contribution >= 0.6 is 11.3 Å². The first kappa shape index (κ1) is 19.2. The van der Waals surface area contributed by atoms with Gasteiger partial charge in [0.25, 0.3) is 5.56 Å². The predicted octanol–water partition coefficient (Wildman–Crippen LogP) is 2.94. The summed E-state index contributed by atoms with van der Waals surface area (Å²) in [5.74, 6) is 3.29. The first-order chi connectivity index (χ1) is 14.1. The van der Waals surface area contributed by atoms with Crippen molar-refractivity contribution in [1.29, 1.82) is 0 Å². The van der Waals surface area contributed by atoms with E-state index in [9.17, 15) is 4.79 Å². The molecule has 0 aliphatic carbocycles. The van der Waals surface area contributed by atoms with Gasteiger partial charge in [-0.25, -0.2) is 9.67 Å². The highest BCUT2D eigenvalue weighted by molar-refractivity contribution is 7.19. The molecule has 0 bridgehead atoms. The summed E-state index contributed by atoms with van der Waals surface area (Å²) in [6.45, 7) is 1.28. The molecule has 0 saturated carbocycles. The highest BCUT2D eigenvalue weighted by Crippen LogP contribution is 2.31. The van der Waals surface area contributed by atoms with Gasteiger partial charge in [-0.05, 0) is 17.7 Å². The second-order valence-corrected chi connectivity index (χ2v) is 7.63. The molecule has 1 aromatic carbocycles. The third-order valence-electron chi connectivity index (χ3n) is 4.65. The Morgan fingerprint density at radius 1 is 1.34 bits per heavy atom. The maximum atomic E-state index is 13.1. The largest absolute Gasteiger partial charge is 0.497 e. The minimum atomic E-state index is -0.148. The first-order valence-corrected chi connectivity index (χ1v) is 9.92. The van der Waals surface area contributed by atoms with Gasteiger partial charge in [0.2, 0.25) is 0 Å². The van der Waals surface area contributed by atoms with Crippen molar-refractivity contribution in [2.45, 2.75) is 19.6 Å². The maximum Gasteiger partial charge on any atom is 0.291 e. The Morgan fingerprint density at radius 3 is 3.00 bits per heavy atom. The molecular weight excluding hydrogens is 388 g/mol. The SMILES string of the molecule is C#CCCOCc1nc2c(s1)c1cnn(Cc3cccc(OC)c3)c(=O)c1n2C. The van der Waals surface area contributed by atoms with Crippen LogP contribution in [0.3, 0.4) is 0 Å². The standard InChI is InChI=1S/C21H20N4O3S/c1-4-5-9-28-13-17-23-20-19(29-17)16-11-22-25(21(26)18(16)24(20)2)12-14-7-6-8-15(10-14)27-3/h1,6-8,10-11H,5,9,12-13H2,2-3H3. The third-order valence-corrected chi connectivity index (χ3v) is 5.70. The summed E-state index contributed by atoms with van der Waals surface area (Å²) < 4.78 is 15.0. The van der Waals surface area contributed by atoms with Crippen LogP contribution in [0.25, 0.3) is 21.3 Å². The molecule has 8 heteroatoms. The predicted molar refractivity (Wildman–Crippen MR) is 113 cm³/mol. The normalized spacial score (nSPS) is 11.2. The molecule has 3 aromatic heterocycles. The van der Waals surface area contributed by atoms with E-state index in [0.717, 1.165) is 32.1 Å². The fourth-order valence-electron chi connectivity index (χ4n) is 3.24. The van der Waals surface area contributed by atoms with Crippen LogP contribution in [0, 0.1) is 12.3 Å². The fraction of sp³-hybridized carbons (Fsp3) is 0.286. The van der Waals surface area contributed by atoms with Crippen molar-refractivity contribution in [2.24, 2.45) is 7.05 Å². The number of benzene rings is 1. The van der Waals surface area contributed by atoms with E-state index in [-0.39, 0.29) is 5.56 Å². The Labute approximate surface area is 171 Å². The van der Waals surface area contributed by atoms with Crippen LogP contribution in [0.2, 0.25) is 0 Å². The van der Waals surface area contributed by atoms with Crippen molar-refractivity contribution in [1.82, 2.24) is 19.3 Å².